The minimum Gasteiger partial charge on any atom is -0.381 e. The maximum atomic E-state index is 13.6. The molecule has 1 unspecified atom stereocenters. The van der Waals surface area contributed by atoms with Crippen LogP contribution in [-0.2, 0) is 28.9 Å². The largest absolute Gasteiger partial charge is 0.381 e. The number of fused-ring (bicyclic) bond motifs is 2. The Morgan fingerprint density at radius 3 is 2.30 bits per heavy atom. The van der Waals surface area contributed by atoms with Gasteiger partial charge in [0.15, 0.2) is 0 Å². The van der Waals surface area contributed by atoms with Crippen LogP contribution in [0.25, 0.3) is 21.8 Å². The quantitative estimate of drug-likeness (QED) is 0.155. The average molecular weight is 589 g/mol. The highest BCUT2D eigenvalue weighted by atomic mass is 16.5. The van der Waals surface area contributed by atoms with Gasteiger partial charge in [0, 0.05) is 66.3 Å². The molecule has 0 bridgehead atoms. The maximum absolute atomic E-state index is 13.6. The zero-order valence-corrected chi connectivity index (χ0v) is 25.0. The van der Waals surface area contributed by atoms with E-state index in [1.807, 2.05) is 12.1 Å². The molecule has 4 N–H and O–H groups in total. The molecule has 0 radical (unpaired) electrons. The van der Waals surface area contributed by atoms with Crippen LogP contribution in [0.4, 0.5) is 0 Å². The first-order valence-corrected chi connectivity index (χ1v) is 15.8. The van der Waals surface area contributed by atoms with E-state index in [2.05, 4.69) is 105 Å². The number of aryl methyl sites for hydroxylation is 1. The Morgan fingerprint density at radius 2 is 1.55 bits per heavy atom. The number of amidine groups is 1. The summed E-state index contributed by atoms with van der Waals surface area (Å²) in [6.45, 7) is 1.97. The second-order valence-electron chi connectivity index (χ2n) is 12.0. The van der Waals surface area contributed by atoms with Crippen molar-refractivity contribution in [1.82, 2.24) is 25.6 Å². The van der Waals surface area contributed by atoms with E-state index in [-0.39, 0.29) is 24.0 Å². The van der Waals surface area contributed by atoms with Gasteiger partial charge in [0.25, 0.3) is 0 Å². The summed E-state index contributed by atoms with van der Waals surface area (Å²) in [5, 5.41) is 10.9. The monoisotopic (exact) mass is 588 g/mol. The highest BCUT2D eigenvalue weighted by molar-refractivity contribution is 5.94. The van der Waals surface area contributed by atoms with Crippen LogP contribution in [-0.4, -0.2) is 52.0 Å². The van der Waals surface area contributed by atoms with E-state index in [1.165, 1.54) is 33.0 Å². The lowest BCUT2D eigenvalue weighted by molar-refractivity contribution is -0.128. The van der Waals surface area contributed by atoms with Crippen molar-refractivity contribution in [3.05, 3.63) is 108 Å². The first-order chi connectivity index (χ1) is 21.7. The number of hydrogen-bond acceptors (Lipinski definition) is 5. The summed E-state index contributed by atoms with van der Waals surface area (Å²) in [5.74, 6) is 0.929. The summed E-state index contributed by atoms with van der Waals surface area (Å²) in [6.07, 6.45) is 9.30. The van der Waals surface area contributed by atoms with Gasteiger partial charge in [-0.3, -0.25) is 10.2 Å². The van der Waals surface area contributed by atoms with Crippen molar-refractivity contribution in [2.24, 2.45) is 11.0 Å². The highest BCUT2D eigenvalue weighted by Gasteiger charge is 2.35. The number of nitrogens with one attached hydrogen (secondary N) is 4. The molecule has 226 valence electrons. The Hall–Kier alpha value is -4.56. The number of nitrogens with zero attached hydrogens (tertiary/aromatic N) is 2. The van der Waals surface area contributed by atoms with Crippen LogP contribution in [0.2, 0.25) is 0 Å². The number of rotatable bonds is 11. The van der Waals surface area contributed by atoms with Gasteiger partial charge < -0.3 is 24.9 Å². The van der Waals surface area contributed by atoms with Crippen molar-refractivity contribution < 1.29 is 9.53 Å². The van der Waals surface area contributed by atoms with Gasteiger partial charge in [-0.05, 0) is 60.9 Å². The van der Waals surface area contributed by atoms with E-state index in [0.717, 1.165) is 43.5 Å². The van der Waals surface area contributed by atoms with Gasteiger partial charge in [-0.25, -0.2) is 0 Å². The molecule has 2 aliphatic rings. The van der Waals surface area contributed by atoms with Crippen LogP contribution >= 0.6 is 0 Å². The number of carbonyl (C=O) groups excluding carboxylic acids is 1. The molecular formula is C36H40N6O2. The molecule has 3 aromatic carbocycles. The molecule has 7 rings (SSSR count). The van der Waals surface area contributed by atoms with Crippen LogP contribution in [0.15, 0.2) is 96.4 Å². The number of benzene rings is 3. The molecule has 0 saturated carbocycles. The summed E-state index contributed by atoms with van der Waals surface area (Å²) in [5.41, 5.74) is 9.47. The average Bonchev–Trinajstić information content (AvgIpc) is 3.79. The van der Waals surface area contributed by atoms with Gasteiger partial charge in [-0.15, -0.1) is 0 Å². The SMILES string of the molecule is O=C(N[C@H](Cc1c[nH]c2ccccc12)C1=NNC(CCCc2c[nH]c3ccccc23)N1Cc1ccccc1)C1CCOCC1. The van der Waals surface area contributed by atoms with E-state index < -0.39 is 0 Å². The van der Waals surface area contributed by atoms with Crippen LogP contribution in [0.1, 0.15) is 42.4 Å². The Bertz CT molecular complexity index is 1740. The minimum absolute atomic E-state index is 0.0286. The molecule has 2 atom stereocenters. The number of amides is 1. The summed E-state index contributed by atoms with van der Waals surface area (Å²) >= 11 is 0. The van der Waals surface area contributed by atoms with Gasteiger partial charge in [-0.2, -0.15) is 5.10 Å². The number of hydrogen-bond donors (Lipinski definition) is 4. The predicted molar refractivity (Wildman–Crippen MR) is 175 cm³/mol. The van der Waals surface area contributed by atoms with Gasteiger partial charge in [0.2, 0.25) is 5.91 Å². The third kappa shape index (κ3) is 6.08. The lowest BCUT2D eigenvalue weighted by Crippen LogP contribution is -2.52. The fourth-order valence-electron chi connectivity index (χ4n) is 6.70. The second kappa shape index (κ2) is 13.0. The third-order valence-corrected chi connectivity index (χ3v) is 9.11. The molecule has 8 heteroatoms. The van der Waals surface area contributed by atoms with Crippen molar-refractivity contribution in [3.63, 3.8) is 0 Å². The fourth-order valence-corrected chi connectivity index (χ4v) is 6.70. The standard InChI is InChI=1S/C36H40N6O2/c43-36(26-17-19-44-20-18-26)39-33(21-28-23-38-32-15-7-5-13-30(28)32)35-41-40-34(42(35)24-25-9-2-1-3-10-25)16-8-11-27-22-37-31-14-6-4-12-29(27)31/h1-7,9-10,12-15,22-23,26,33-34,37-38,40H,8,11,16-21,24H2,(H,39,43)/t33-,34?/m1/s1. The Kier molecular flexibility index (Phi) is 8.32. The smallest absolute Gasteiger partial charge is 0.223 e. The predicted octanol–water partition coefficient (Wildman–Crippen LogP) is 5.87. The van der Waals surface area contributed by atoms with Gasteiger partial charge in [0.05, 0.1) is 6.04 Å². The normalized spacial score (nSPS) is 18.0. The molecule has 4 heterocycles. The third-order valence-electron chi connectivity index (χ3n) is 9.11. The van der Waals surface area contributed by atoms with Crippen LogP contribution in [0.5, 0.6) is 0 Å². The van der Waals surface area contributed by atoms with E-state index in [4.69, 9.17) is 9.84 Å². The van der Waals surface area contributed by atoms with Crippen molar-refractivity contribution in [1.29, 1.82) is 0 Å². The van der Waals surface area contributed by atoms with Crippen molar-refractivity contribution >= 4 is 33.5 Å². The van der Waals surface area contributed by atoms with Gasteiger partial charge >= 0.3 is 0 Å². The summed E-state index contributed by atoms with van der Waals surface area (Å²) < 4.78 is 5.55. The molecule has 2 aromatic heterocycles. The first-order valence-electron chi connectivity index (χ1n) is 15.8. The number of aromatic nitrogens is 2. The van der Waals surface area contributed by atoms with Crippen molar-refractivity contribution in [2.45, 2.75) is 57.3 Å². The summed E-state index contributed by atoms with van der Waals surface area (Å²) in [6, 6.07) is 27.1. The number of aromatic amines is 2. The van der Waals surface area contributed by atoms with Crippen LogP contribution < -0.4 is 10.7 Å². The second-order valence-corrected chi connectivity index (χ2v) is 12.0. The number of hydrazone groups is 1. The van der Waals surface area contributed by atoms with E-state index in [0.29, 0.717) is 26.2 Å². The topological polar surface area (TPSA) is 97.5 Å². The van der Waals surface area contributed by atoms with Crippen LogP contribution in [0, 0.1) is 5.92 Å². The van der Waals surface area contributed by atoms with Crippen molar-refractivity contribution in [2.75, 3.05) is 13.2 Å². The molecule has 1 saturated heterocycles. The minimum atomic E-state index is -0.278. The number of H-pyrrole nitrogens is 2. The number of carbonyl (C=O) groups is 1. The maximum Gasteiger partial charge on any atom is 0.223 e. The van der Waals surface area contributed by atoms with Crippen molar-refractivity contribution in [3.8, 4) is 0 Å². The van der Waals surface area contributed by atoms with E-state index in [9.17, 15) is 4.79 Å². The first kappa shape index (κ1) is 28.2. The number of ether oxygens (including phenoxy) is 1. The Labute approximate surface area is 257 Å². The lowest BCUT2D eigenvalue weighted by atomic mass is 9.97. The zero-order chi connectivity index (χ0) is 29.7. The van der Waals surface area contributed by atoms with Gasteiger partial charge in [-0.1, -0.05) is 66.7 Å². The van der Waals surface area contributed by atoms with Gasteiger partial charge in [0.1, 0.15) is 12.0 Å². The van der Waals surface area contributed by atoms with E-state index in [1.54, 1.807) is 0 Å². The molecule has 1 amide bonds. The molecular weight excluding hydrogens is 548 g/mol. The van der Waals surface area contributed by atoms with E-state index >= 15 is 0 Å². The summed E-state index contributed by atoms with van der Waals surface area (Å²) in [4.78, 5) is 22.8. The lowest BCUT2D eigenvalue weighted by Gasteiger charge is -2.32. The zero-order valence-electron chi connectivity index (χ0n) is 25.0. The fraction of sp³-hybridized carbons (Fsp3) is 0.333. The van der Waals surface area contributed by atoms with Crippen LogP contribution in [0.3, 0.4) is 0 Å². The highest BCUT2D eigenvalue weighted by Crippen LogP contribution is 2.26. The molecule has 5 aromatic rings. The molecule has 0 aliphatic carbocycles. The number of para-hydroxylation sites is 2. The molecule has 2 aliphatic heterocycles. The molecule has 0 spiro atoms. The molecule has 1 fully saturated rings. The Morgan fingerprint density at radius 1 is 0.886 bits per heavy atom. The summed E-state index contributed by atoms with van der Waals surface area (Å²) in [7, 11) is 0. The molecule has 8 nitrogen and oxygen atoms in total. The molecule has 44 heavy (non-hydrogen) atoms. The Balaban J connectivity index is 1.14.